The third-order valence-corrected chi connectivity index (χ3v) is 13.9. The van der Waals surface area contributed by atoms with Gasteiger partial charge in [-0.05, 0) is 122 Å². The molecule has 0 aromatic carbocycles. The second-order valence-electron chi connectivity index (χ2n) is 21.6. The number of rotatable bonds is 59. The van der Waals surface area contributed by atoms with E-state index in [-0.39, 0.29) is 31.1 Å². The van der Waals surface area contributed by atoms with Crippen LogP contribution in [0.4, 0.5) is 0 Å². The smallest absolute Gasteiger partial charge is 0.306 e. The zero-order valence-electron chi connectivity index (χ0n) is 52.0. The maximum absolute atomic E-state index is 12.9. The minimum Gasteiger partial charge on any atom is -0.462 e. The lowest BCUT2D eigenvalue weighted by Crippen LogP contribution is -2.30. The molecule has 6 nitrogen and oxygen atoms in total. The van der Waals surface area contributed by atoms with Gasteiger partial charge in [-0.1, -0.05) is 289 Å². The number of unbranched alkanes of at least 4 members (excludes halogenated alkanes) is 26. The molecule has 0 aromatic heterocycles. The summed E-state index contributed by atoms with van der Waals surface area (Å²) in [5, 5.41) is 0. The van der Waals surface area contributed by atoms with E-state index in [4.69, 9.17) is 14.2 Å². The maximum Gasteiger partial charge on any atom is 0.306 e. The zero-order chi connectivity index (χ0) is 57.8. The first-order valence-corrected chi connectivity index (χ1v) is 33.2. The van der Waals surface area contributed by atoms with Crippen LogP contribution in [0.5, 0.6) is 0 Å². The molecule has 0 rings (SSSR count). The number of ether oxygens (including phenoxy) is 3. The Morgan fingerprint density at radius 3 is 0.787 bits per heavy atom. The topological polar surface area (TPSA) is 78.9 Å². The zero-order valence-corrected chi connectivity index (χ0v) is 52.0. The SMILES string of the molecule is CC/C=C\C/C=C\C/C=C\C/C=C\C/C=C\C/C=C\C/C=C\C/C=C\CCCCC(=O)OCC(COC(=O)CCCCCCCCCC)OC(=O)CCCCCCCCCCCCCC/C=C\C/C=C\C/C=C\CCCCCCC. The Labute approximate surface area is 494 Å². The molecule has 454 valence electrons. The summed E-state index contributed by atoms with van der Waals surface area (Å²) in [5.74, 6) is -0.944. The lowest BCUT2D eigenvalue weighted by molar-refractivity contribution is -0.167. The Bertz CT molecular complexity index is 1700. The van der Waals surface area contributed by atoms with Gasteiger partial charge in [-0.3, -0.25) is 14.4 Å². The molecule has 0 aliphatic heterocycles. The highest BCUT2D eigenvalue weighted by Crippen LogP contribution is 2.15. The van der Waals surface area contributed by atoms with E-state index in [0.29, 0.717) is 19.3 Å². The molecule has 0 radical (unpaired) electrons. The summed E-state index contributed by atoms with van der Waals surface area (Å²) >= 11 is 0. The molecule has 0 saturated carbocycles. The van der Waals surface area contributed by atoms with Gasteiger partial charge in [0, 0.05) is 19.3 Å². The standard InChI is InChI=1S/C74H122O6/c1-4-7-10-13-16-19-21-23-25-27-29-31-33-35-37-39-41-43-45-47-49-51-53-55-58-61-64-67-73(76)79-70-71(69-78-72(75)66-63-60-57-18-15-12-9-6-3)80-74(77)68-65-62-59-56-54-52-50-48-46-44-42-40-38-36-34-32-30-28-26-24-22-20-17-14-11-8-5-2/h7,10,16,19,22-25,28-31,34-37,41,43,47,49,53,55,71H,4-6,8-9,11-15,17-18,20-21,26-27,32-33,38-40,42,44-46,48,50-52,54,56-70H2,1-3H3/b10-7-,19-16-,24-22-,25-23-,30-28-,31-29-,36-34-,37-35-,43-41-,49-47-,55-53-. The van der Waals surface area contributed by atoms with Gasteiger partial charge in [-0.25, -0.2) is 0 Å². The van der Waals surface area contributed by atoms with Crippen molar-refractivity contribution in [2.24, 2.45) is 0 Å². The molecular weight excluding hydrogens is 985 g/mol. The average Bonchev–Trinajstić information content (AvgIpc) is 3.46. The molecule has 0 spiro atoms. The van der Waals surface area contributed by atoms with Crippen LogP contribution in [0.3, 0.4) is 0 Å². The van der Waals surface area contributed by atoms with Crippen molar-refractivity contribution < 1.29 is 28.6 Å². The fraction of sp³-hybridized carbons (Fsp3) is 0.662. The lowest BCUT2D eigenvalue weighted by Gasteiger charge is -2.18. The molecule has 0 aliphatic rings. The van der Waals surface area contributed by atoms with Crippen molar-refractivity contribution in [2.75, 3.05) is 13.2 Å². The predicted molar refractivity (Wildman–Crippen MR) is 348 cm³/mol. The van der Waals surface area contributed by atoms with Gasteiger partial charge in [0.05, 0.1) is 0 Å². The Hall–Kier alpha value is -4.45. The van der Waals surface area contributed by atoms with Crippen LogP contribution in [-0.4, -0.2) is 37.2 Å². The summed E-state index contributed by atoms with van der Waals surface area (Å²) in [7, 11) is 0. The summed E-state index contributed by atoms with van der Waals surface area (Å²) in [4.78, 5) is 38.2. The minimum atomic E-state index is -0.800. The van der Waals surface area contributed by atoms with Crippen LogP contribution in [0.25, 0.3) is 0 Å². The van der Waals surface area contributed by atoms with E-state index in [1.165, 1.54) is 135 Å². The molecule has 0 bridgehead atoms. The van der Waals surface area contributed by atoms with E-state index < -0.39 is 6.10 Å². The van der Waals surface area contributed by atoms with Crippen LogP contribution < -0.4 is 0 Å². The van der Waals surface area contributed by atoms with Crippen molar-refractivity contribution in [1.29, 1.82) is 0 Å². The molecule has 1 atom stereocenters. The molecule has 0 heterocycles. The van der Waals surface area contributed by atoms with Crippen molar-refractivity contribution in [1.82, 2.24) is 0 Å². The van der Waals surface area contributed by atoms with E-state index in [0.717, 1.165) is 122 Å². The van der Waals surface area contributed by atoms with Crippen LogP contribution >= 0.6 is 0 Å². The third kappa shape index (κ3) is 64.4. The number of carbonyl (C=O) groups excluding carboxylic acids is 3. The Kier molecular flexibility index (Phi) is 63.3. The molecular formula is C74H122O6. The number of carbonyl (C=O) groups is 3. The van der Waals surface area contributed by atoms with Crippen molar-refractivity contribution in [3.8, 4) is 0 Å². The molecule has 0 amide bonds. The number of hydrogen-bond donors (Lipinski definition) is 0. The highest BCUT2D eigenvalue weighted by atomic mass is 16.6. The van der Waals surface area contributed by atoms with Gasteiger partial charge in [0.15, 0.2) is 6.10 Å². The second kappa shape index (κ2) is 67.1. The van der Waals surface area contributed by atoms with E-state index in [9.17, 15) is 14.4 Å². The van der Waals surface area contributed by atoms with Gasteiger partial charge in [0.2, 0.25) is 0 Å². The monoisotopic (exact) mass is 1110 g/mol. The first-order valence-electron chi connectivity index (χ1n) is 33.2. The molecule has 80 heavy (non-hydrogen) atoms. The molecule has 0 N–H and O–H groups in total. The van der Waals surface area contributed by atoms with Gasteiger partial charge in [-0.15, -0.1) is 0 Å². The third-order valence-electron chi connectivity index (χ3n) is 13.9. The highest BCUT2D eigenvalue weighted by molar-refractivity contribution is 5.71. The van der Waals surface area contributed by atoms with Gasteiger partial charge in [0.1, 0.15) is 13.2 Å². The van der Waals surface area contributed by atoms with Gasteiger partial charge in [-0.2, -0.15) is 0 Å². The largest absolute Gasteiger partial charge is 0.462 e. The Balaban J connectivity index is 4.27. The number of esters is 3. The minimum absolute atomic E-state index is 0.0944. The van der Waals surface area contributed by atoms with Gasteiger partial charge in [0.25, 0.3) is 0 Å². The predicted octanol–water partition coefficient (Wildman–Crippen LogP) is 22.9. The van der Waals surface area contributed by atoms with Gasteiger partial charge < -0.3 is 14.2 Å². The summed E-state index contributed by atoms with van der Waals surface area (Å²) in [5.41, 5.74) is 0. The summed E-state index contributed by atoms with van der Waals surface area (Å²) < 4.78 is 16.8. The molecule has 6 heteroatoms. The molecule has 0 saturated heterocycles. The first kappa shape index (κ1) is 75.5. The highest BCUT2D eigenvalue weighted by Gasteiger charge is 2.19. The van der Waals surface area contributed by atoms with E-state index in [1.807, 2.05) is 0 Å². The quantitative estimate of drug-likeness (QED) is 0.0261. The number of allylic oxidation sites excluding steroid dienone is 22. The maximum atomic E-state index is 12.9. The fourth-order valence-electron chi connectivity index (χ4n) is 8.94. The van der Waals surface area contributed by atoms with Crippen LogP contribution in [0.15, 0.2) is 134 Å². The second-order valence-corrected chi connectivity index (χ2v) is 21.6. The molecule has 0 aliphatic carbocycles. The van der Waals surface area contributed by atoms with E-state index in [2.05, 4.69) is 154 Å². The Morgan fingerprint density at radius 2 is 0.487 bits per heavy atom. The summed E-state index contributed by atoms with van der Waals surface area (Å²) in [6.45, 7) is 6.46. The van der Waals surface area contributed by atoms with Crippen molar-refractivity contribution >= 4 is 17.9 Å². The lowest BCUT2D eigenvalue weighted by atomic mass is 10.0. The number of hydrogen-bond acceptors (Lipinski definition) is 6. The first-order chi connectivity index (χ1) is 39.5. The van der Waals surface area contributed by atoms with Crippen molar-refractivity contribution in [3.63, 3.8) is 0 Å². The van der Waals surface area contributed by atoms with E-state index >= 15 is 0 Å². The summed E-state index contributed by atoms with van der Waals surface area (Å²) in [6, 6.07) is 0. The van der Waals surface area contributed by atoms with Crippen LogP contribution in [0, 0.1) is 0 Å². The normalized spacial score (nSPS) is 13.0. The molecule has 1 unspecified atom stereocenters. The molecule has 0 aromatic rings. The Morgan fingerprint density at radius 1 is 0.263 bits per heavy atom. The van der Waals surface area contributed by atoms with Crippen LogP contribution in [0.2, 0.25) is 0 Å². The average molecular weight is 1110 g/mol. The fourth-order valence-corrected chi connectivity index (χ4v) is 8.94. The van der Waals surface area contributed by atoms with Crippen molar-refractivity contribution in [3.05, 3.63) is 134 Å². The molecule has 0 fully saturated rings. The van der Waals surface area contributed by atoms with Crippen LogP contribution in [0.1, 0.15) is 297 Å². The summed E-state index contributed by atoms with van der Waals surface area (Å²) in [6.07, 6.45) is 94.8. The van der Waals surface area contributed by atoms with Gasteiger partial charge >= 0.3 is 17.9 Å². The van der Waals surface area contributed by atoms with Crippen molar-refractivity contribution in [2.45, 2.75) is 303 Å². The van der Waals surface area contributed by atoms with Crippen LogP contribution in [-0.2, 0) is 28.6 Å². The van der Waals surface area contributed by atoms with E-state index in [1.54, 1.807) is 0 Å².